The van der Waals surface area contributed by atoms with Crippen molar-refractivity contribution in [1.82, 2.24) is 10.7 Å². The molecule has 1 aromatic heterocycles. The Kier molecular flexibility index (Phi) is 8.24. The van der Waals surface area contributed by atoms with E-state index in [1.165, 1.54) is 24.8 Å². The molecule has 2 N–H and O–H groups in total. The molecule has 9 heteroatoms. The third-order valence-corrected chi connectivity index (χ3v) is 7.59. The number of methoxy groups -OCH3 is 1. The molecule has 0 atom stereocenters. The van der Waals surface area contributed by atoms with Crippen LogP contribution in [0.15, 0.2) is 52.0 Å². The number of hydrogen-bond donors (Lipinski definition) is 2. The first-order valence-corrected chi connectivity index (χ1v) is 14.4. The summed E-state index contributed by atoms with van der Waals surface area (Å²) in [4.78, 5) is 24.3. The molecule has 1 aliphatic heterocycles. The smallest absolute Gasteiger partial charge is 0.407 e. The van der Waals surface area contributed by atoms with Gasteiger partial charge < -0.3 is 23.9 Å². The van der Waals surface area contributed by atoms with E-state index in [2.05, 4.69) is 21.9 Å². The summed E-state index contributed by atoms with van der Waals surface area (Å²) in [7, 11) is 1.64. The van der Waals surface area contributed by atoms with Crippen molar-refractivity contribution < 1.29 is 28.2 Å². The molecule has 0 unspecified atom stereocenters. The first-order chi connectivity index (χ1) is 19.6. The molecule has 1 saturated carbocycles. The lowest BCUT2D eigenvalue weighted by Crippen LogP contribution is -2.41. The first kappa shape index (κ1) is 28.5. The second-order valence-corrected chi connectivity index (χ2v) is 11.9. The predicted molar refractivity (Wildman–Crippen MR) is 156 cm³/mol. The highest BCUT2D eigenvalue weighted by Crippen LogP contribution is 2.44. The van der Waals surface area contributed by atoms with Crippen LogP contribution in [0.25, 0.3) is 22.1 Å². The number of alkyl carbamates (subject to hydrolysis) is 1. The molecule has 2 amide bonds. The van der Waals surface area contributed by atoms with Crippen molar-refractivity contribution in [3.05, 3.63) is 53.6 Å². The minimum atomic E-state index is -0.609. The maximum Gasteiger partial charge on any atom is 0.407 e. The standard InChI is InChI=1S/C32H39N3O6/c1-31(2,3)41-30(37)33-17-13-28(36)34-35-29-19-24(21-8-10-23(38-4)11-9-21)25-18-22-12-16-32(14-6-5-7-15-32)40-26(22)20-27(25)39-29/h8-11,18-20H,5-7,12-17H2,1-4H3,(H,33,37)(H,34,36). The maximum absolute atomic E-state index is 12.5. The van der Waals surface area contributed by atoms with Gasteiger partial charge in [0.05, 0.1) is 7.11 Å². The number of hydrogen-bond acceptors (Lipinski definition) is 7. The topological polar surface area (TPSA) is 111 Å². The molecular formula is C32H39N3O6. The average Bonchev–Trinajstić information content (AvgIpc) is 2.94. The quantitative estimate of drug-likeness (QED) is 0.358. The minimum absolute atomic E-state index is 0.0328. The number of nitrogens with zero attached hydrogens (tertiary/aromatic N) is 1. The Balaban J connectivity index is 1.42. The Hall–Kier alpha value is -4.01. The molecule has 0 bridgehead atoms. The largest absolute Gasteiger partial charge is 0.497 e. The van der Waals surface area contributed by atoms with Crippen molar-refractivity contribution in [1.29, 1.82) is 0 Å². The number of nitrogens with one attached hydrogen (secondary N) is 2. The number of carbonyl (C=O) groups is 2. The van der Waals surface area contributed by atoms with Gasteiger partial charge in [0, 0.05) is 30.5 Å². The van der Waals surface area contributed by atoms with Gasteiger partial charge in [0.2, 0.25) is 11.5 Å². The van der Waals surface area contributed by atoms with Crippen LogP contribution in [0.4, 0.5) is 4.79 Å². The van der Waals surface area contributed by atoms with E-state index < -0.39 is 11.7 Å². The molecule has 0 radical (unpaired) electrons. The highest BCUT2D eigenvalue weighted by molar-refractivity contribution is 5.94. The summed E-state index contributed by atoms with van der Waals surface area (Å²) >= 11 is 0. The molecular weight excluding hydrogens is 522 g/mol. The Morgan fingerprint density at radius 3 is 2.49 bits per heavy atom. The van der Waals surface area contributed by atoms with Crippen molar-refractivity contribution in [2.75, 3.05) is 13.7 Å². The number of ether oxygens (including phenoxy) is 3. The van der Waals surface area contributed by atoms with Crippen LogP contribution < -0.4 is 25.8 Å². The SMILES string of the molecule is COc1ccc(-c2cc(=NNC(=O)CCNC(=O)OC(C)(C)C)oc3cc4c(cc23)CCC2(CCCCC2)O4)cc1. The van der Waals surface area contributed by atoms with Crippen LogP contribution in [0.5, 0.6) is 11.5 Å². The molecule has 2 aliphatic rings. The van der Waals surface area contributed by atoms with Crippen LogP contribution in [0.1, 0.15) is 71.3 Å². The lowest BCUT2D eigenvalue weighted by Gasteiger charge is -2.41. The van der Waals surface area contributed by atoms with Gasteiger partial charge in [-0.05, 0) is 94.2 Å². The Bertz CT molecular complexity index is 1480. The summed E-state index contributed by atoms with van der Waals surface area (Å²) in [5.41, 5.74) is 5.80. The normalized spacial score (nSPS) is 16.5. The van der Waals surface area contributed by atoms with E-state index in [-0.39, 0.29) is 30.0 Å². The minimum Gasteiger partial charge on any atom is -0.497 e. The van der Waals surface area contributed by atoms with Crippen LogP contribution in [-0.2, 0) is 16.0 Å². The zero-order chi connectivity index (χ0) is 29.0. The summed E-state index contributed by atoms with van der Waals surface area (Å²) in [6, 6.07) is 13.8. The number of carbonyl (C=O) groups excluding carboxylic acids is 2. The van der Waals surface area contributed by atoms with Gasteiger partial charge in [0.25, 0.3) is 0 Å². The molecule has 2 heterocycles. The summed E-state index contributed by atoms with van der Waals surface area (Å²) in [6.07, 6.45) is 7.29. The number of aryl methyl sites for hydroxylation is 1. The molecule has 1 spiro atoms. The van der Waals surface area contributed by atoms with Gasteiger partial charge in [-0.25, -0.2) is 10.2 Å². The van der Waals surface area contributed by atoms with Crippen molar-refractivity contribution in [3.63, 3.8) is 0 Å². The van der Waals surface area contributed by atoms with Gasteiger partial charge in [-0.1, -0.05) is 18.6 Å². The molecule has 3 aromatic rings. The van der Waals surface area contributed by atoms with Gasteiger partial charge in [-0.2, -0.15) is 0 Å². The molecule has 9 nitrogen and oxygen atoms in total. The van der Waals surface area contributed by atoms with E-state index in [1.54, 1.807) is 27.9 Å². The van der Waals surface area contributed by atoms with Crippen LogP contribution in [0, 0.1) is 0 Å². The molecule has 0 saturated heterocycles. The molecule has 1 aliphatic carbocycles. The average molecular weight is 562 g/mol. The van der Waals surface area contributed by atoms with Crippen molar-refractivity contribution >= 4 is 23.0 Å². The third-order valence-electron chi connectivity index (χ3n) is 7.59. The van der Waals surface area contributed by atoms with Gasteiger partial charge in [-0.3, -0.25) is 4.79 Å². The second kappa shape index (κ2) is 11.8. The zero-order valence-corrected chi connectivity index (χ0v) is 24.3. The zero-order valence-electron chi connectivity index (χ0n) is 24.3. The van der Waals surface area contributed by atoms with E-state index in [1.807, 2.05) is 36.4 Å². The molecule has 1 fully saturated rings. The monoisotopic (exact) mass is 561 g/mol. The number of benzene rings is 2. The maximum atomic E-state index is 12.5. The van der Waals surface area contributed by atoms with Gasteiger partial charge >= 0.3 is 6.09 Å². The molecule has 218 valence electrons. The van der Waals surface area contributed by atoms with Gasteiger partial charge in [0.1, 0.15) is 28.3 Å². The summed E-state index contributed by atoms with van der Waals surface area (Å²) in [5.74, 6) is 1.26. The Morgan fingerprint density at radius 2 is 1.78 bits per heavy atom. The number of rotatable bonds is 6. The van der Waals surface area contributed by atoms with Crippen molar-refractivity contribution in [2.24, 2.45) is 5.10 Å². The lowest BCUT2D eigenvalue weighted by atomic mass is 9.79. The molecule has 5 rings (SSSR count). The highest BCUT2D eigenvalue weighted by atomic mass is 16.6. The van der Waals surface area contributed by atoms with Crippen LogP contribution in [0.3, 0.4) is 0 Å². The van der Waals surface area contributed by atoms with Gasteiger partial charge in [0.15, 0.2) is 0 Å². The van der Waals surface area contributed by atoms with Gasteiger partial charge in [-0.15, -0.1) is 5.10 Å². The third kappa shape index (κ3) is 7.01. The predicted octanol–water partition coefficient (Wildman–Crippen LogP) is 5.98. The summed E-state index contributed by atoms with van der Waals surface area (Å²) < 4.78 is 23.4. The van der Waals surface area contributed by atoms with Crippen molar-refractivity contribution in [3.8, 4) is 22.6 Å². The lowest BCUT2D eigenvalue weighted by molar-refractivity contribution is -0.121. The van der Waals surface area contributed by atoms with E-state index >= 15 is 0 Å². The highest BCUT2D eigenvalue weighted by Gasteiger charge is 2.37. The number of amides is 2. The second-order valence-electron chi connectivity index (χ2n) is 11.9. The first-order valence-electron chi connectivity index (χ1n) is 14.4. The summed E-state index contributed by atoms with van der Waals surface area (Å²) in [6.45, 7) is 5.46. The Labute approximate surface area is 240 Å². The Morgan fingerprint density at radius 1 is 1.02 bits per heavy atom. The van der Waals surface area contributed by atoms with E-state index in [4.69, 9.17) is 18.6 Å². The van der Waals surface area contributed by atoms with E-state index in [9.17, 15) is 9.59 Å². The van der Waals surface area contributed by atoms with Crippen LogP contribution >= 0.6 is 0 Å². The van der Waals surface area contributed by atoms with E-state index in [0.29, 0.717) is 5.58 Å². The fourth-order valence-corrected chi connectivity index (χ4v) is 5.56. The fourth-order valence-electron chi connectivity index (χ4n) is 5.56. The molecule has 2 aromatic carbocycles. The molecule has 41 heavy (non-hydrogen) atoms. The van der Waals surface area contributed by atoms with E-state index in [0.717, 1.165) is 53.7 Å². The van der Waals surface area contributed by atoms with Crippen molar-refractivity contribution in [2.45, 2.75) is 83.3 Å². The fraction of sp³-hybridized carbons (Fsp3) is 0.469. The van der Waals surface area contributed by atoms with Crippen LogP contribution in [-0.4, -0.2) is 36.9 Å². The summed E-state index contributed by atoms with van der Waals surface area (Å²) in [5, 5.41) is 7.78. The number of fused-ring (bicyclic) bond motifs is 2. The van der Waals surface area contributed by atoms with Crippen LogP contribution in [0.2, 0.25) is 0 Å².